The molecule has 1 saturated heterocycles. The monoisotopic (exact) mass is 468 g/mol. The quantitative estimate of drug-likeness (QED) is 0.511. The smallest absolute Gasteiger partial charge is 0.216 e. The van der Waals surface area contributed by atoms with Crippen molar-refractivity contribution in [2.45, 2.75) is 103 Å². The summed E-state index contributed by atoms with van der Waals surface area (Å²) >= 11 is 0. The van der Waals surface area contributed by atoms with Crippen LogP contribution in [-0.2, 0) is 22.4 Å². The third kappa shape index (κ3) is 9.62. The molecule has 0 aliphatic carbocycles. The molecule has 168 valence electrons. The summed E-state index contributed by atoms with van der Waals surface area (Å²) in [6.07, 6.45) is -1.28. The van der Waals surface area contributed by atoms with Gasteiger partial charge in [0.05, 0.1) is 19.3 Å². The Labute approximate surface area is 176 Å². The van der Waals surface area contributed by atoms with Crippen LogP contribution < -0.4 is 0 Å². The van der Waals surface area contributed by atoms with Gasteiger partial charge < -0.3 is 27.5 Å². The molecule has 4 atom stereocenters. The summed E-state index contributed by atoms with van der Waals surface area (Å²) in [4.78, 5) is 0. The Bertz CT molecular complexity index is 506. The standard InChI is InChI=1S/C18H44O6Si4/c1-25(2,3)21-14-18(19)17(24-28(10,11)12)16(23-27(7,8)9)15(13-20-18)22-26(4,5)6/h15-17,19H,13-14H2,1-12H3/t15-,16+,17-,18-/m1/s1. The molecule has 1 N–H and O–H groups in total. The number of ether oxygens (including phenoxy) is 1. The zero-order valence-corrected chi connectivity index (χ0v) is 24.1. The van der Waals surface area contributed by atoms with Gasteiger partial charge in [0.1, 0.15) is 12.2 Å². The molecule has 6 nitrogen and oxygen atoms in total. The van der Waals surface area contributed by atoms with Crippen molar-refractivity contribution >= 4 is 33.3 Å². The predicted molar refractivity (Wildman–Crippen MR) is 125 cm³/mol. The van der Waals surface area contributed by atoms with Crippen LogP contribution in [-0.4, -0.2) is 75.7 Å². The summed E-state index contributed by atoms with van der Waals surface area (Å²) < 4.78 is 31.6. The maximum Gasteiger partial charge on any atom is 0.216 e. The highest BCUT2D eigenvalue weighted by molar-refractivity contribution is 6.71. The second-order valence-electron chi connectivity index (χ2n) is 11.7. The molecule has 1 rings (SSSR count). The van der Waals surface area contributed by atoms with E-state index in [1.54, 1.807) is 0 Å². The zero-order chi connectivity index (χ0) is 22.2. The van der Waals surface area contributed by atoms with Gasteiger partial charge in [-0.05, 0) is 78.6 Å². The highest BCUT2D eigenvalue weighted by Crippen LogP contribution is 2.35. The van der Waals surface area contributed by atoms with Crippen LogP contribution in [0.2, 0.25) is 78.6 Å². The summed E-state index contributed by atoms with van der Waals surface area (Å²) in [5, 5.41) is 11.5. The Hall–Kier alpha value is 0.628. The molecule has 0 aromatic heterocycles. The van der Waals surface area contributed by atoms with Crippen LogP contribution in [0.15, 0.2) is 0 Å². The van der Waals surface area contributed by atoms with Crippen LogP contribution in [0.5, 0.6) is 0 Å². The number of rotatable bonds is 9. The summed E-state index contributed by atoms with van der Waals surface area (Å²) in [6.45, 7) is 25.9. The first-order valence-corrected chi connectivity index (χ1v) is 23.9. The fourth-order valence-electron chi connectivity index (χ4n) is 2.94. The third-order valence-corrected chi connectivity index (χ3v) is 7.75. The number of aliphatic hydroxyl groups is 1. The predicted octanol–water partition coefficient (Wildman–Crippen LogP) is 4.22. The third-order valence-electron chi connectivity index (χ3n) is 3.79. The highest BCUT2D eigenvalue weighted by atomic mass is 28.4. The molecule has 0 aromatic rings. The van der Waals surface area contributed by atoms with E-state index >= 15 is 0 Å². The average Bonchev–Trinajstić information content (AvgIpc) is 2.40. The van der Waals surface area contributed by atoms with Gasteiger partial charge in [0.2, 0.25) is 5.79 Å². The van der Waals surface area contributed by atoms with Crippen LogP contribution >= 0.6 is 0 Å². The summed E-state index contributed by atoms with van der Waals surface area (Å²) in [5.74, 6) is -1.54. The lowest BCUT2D eigenvalue weighted by molar-refractivity contribution is -0.320. The Morgan fingerprint density at radius 3 is 1.61 bits per heavy atom. The first kappa shape index (κ1) is 26.7. The summed E-state index contributed by atoms with van der Waals surface area (Å²) in [5.41, 5.74) is 0. The van der Waals surface area contributed by atoms with Crippen molar-refractivity contribution in [3.8, 4) is 0 Å². The second kappa shape index (κ2) is 9.01. The van der Waals surface area contributed by atoms with E-state index in [0.29, 0.717) is 0 Å². The Kier molecular flexibility index (Phi) is 8.58. The highest BCUT2D eigenvalue weighted by Gasteiger charge is 2.55. The van der Waals surface area contributed by atoms with E-state index in [1.165, 1.54) is 0 Å². The molecule has 1 aliphatic heterocycles. The van der Waals surface area contributed by atoms with Crippen molar-refractivity contribution in [1.29, 1.82) is 0 Å². The van der Waals surface area contributed by atoms with Gasteiger partial charge in [-0.15, -0.1) is 0 Å². The van der Waals surface area contributed by atoms with Gasteiger partial charge in [0.15, 0.2) is 33.3 Å². The number of hydrogen-bond donors (Lipinski definition) is 1. The molecule has 0 unspecified atom stereocenters. The van der Waals surface area contributed by atoms with E-state index in [2.05, 4.69) is 78.6 Å². The van der Waals surface area contributed by atoms with E-state index in [4.69, 9.17) is 22.4 Å². The lowest BCUT2D eigenvalue weighted by atomic mass is 9.97. The van der Waals surface area contributed by atoms with Gasteiger partial charge in [-0.25, -0.2) is 0 Å². The molecule has 0 amide bonds. The van der Waals surface area contributed by atoms with Crippen LogP contribution in [0.25, 0.3) is 0 Å². The number of hydrogen-bond acceptors (Lipinski definition) is 6. The maximum atomic E-state index is 11.5. The van der Waals surface area contributed by atoms with Crippen LogP contribution in [0.4, 0.5) is 0 Å². The first-order valence-electron chi connectivity index (χ1n) is 10.2. The van der Waals surface area contributed by atoms with Gasteiger partial charge in [0, 0.05) is 0 Å². The van der Waals surface area contributed by atoms with E-state index in [-0.39, 0.29) is 25.4 Å². The minimum absolute atomic E-state index is 0.0864. The van der Waals surface area contributed by atoms with Gasteiger partial charge in [-0.1, -0.05) is 0 Å². The Morgan fingerprint density at radius 1 is 0.750 bits per heavy atom. The topological polar surface area (TPSA) is 66.4 Å². The molecule has 0 aromatic carbocycles. The molecule has 0 radical (unpaired) electrons. The first-order chi connectivity index (χ1) is 12.2. The Balaban J connectivity index is 3.29. The maximum absolute atomic E-state index is 11.5. The molecule has 1 fully saturated rings. The Morgan fingerprint density at radius 2 is 1.21 bits per heavy atom. The molecule has 0 bridgehead atoms. The zero-order valence-electron chi connectivity index (χ0n) is 20.1. The molecule has 0 saturated carbocycles. The van der Waals surface area contributed by atoms with E-state index in [9.17, 15) is 5.11 Å². The molecular formula is C18H44O6Si4. The molecule has 1 heterocycles. The minimum Gasteiger partial charge on any atom is -0.412 e. The van der Waals surface area contributed by atoms with E-state index in [0.717, 1.165) is 0 Å². The van der Waals surface area contributed by atoms with E-state index < -0.39 is 45.2 Å². The van der Waals surface area contributed by atoms with Crippen LogP contribution in [0.1, 0.15) is 0 Å². The fraction of sp³-hybridized carbons (Fsp3) is 1.00. The van der Waals surface area contributed by atoms with Crippen molar-refractivity contribution in [1.82, 2.24) is 0 Å². The summed E-state index contributed by atoms with van der Waals surface area (Å²) in [6, 6.07) is 0. The summed E-state index contributed by atoms with van der Waals surface area (Å²) in [7, 11) is -7.62. The largest absolute Gasteiger partial charge is 0.412 e. The van der Waals surface area contributed by atoms with Crippen molar-refractivity contribution in [2.75, 3.05) is 13.2 Å². The fourth-order valence-corrected chi connectivity index (χ4v) is 6.86. The van der Waals surface area contributed by atoms with Crippen LogP contribution in [0.3, 0.4) is 0 Å². The van der Waals surface area contributed by atoms with Crippen molar-refractivity contribution in [3.63, 3.8) is 0 Å². The molecule has 10 heteroatoms. The minimum atomic E-state index is -2.01. The van der Waals surface area contributed by atoms with Gasteiger partial charge in [0.25, 0.3) is 0 Å². The molecular weight excluding hydrogens is 425 g/mol. The molecule has 0 spiro atoms. The average molecular weight is 469 g/mol. The SMILES string of the molecule is C[Si](C)(C)OC[C@@]1(O)OC[C@@H](O[Si](C)(C)C)[C@H](O[Si](C)(C)C)[C@H]1O[Si](C)(C)C. The van der Waals surface area contributed by atoms with Gasteiger partial charge in [-0.2, -0.15) is 0 Å². The molecule has 1 aliphatic rings. The van der Waals surface area contributed by atoms with Gasteiger partial charge >= 0.3 is 0 Å². The van der Waals surface area contributed by atoms with Crippen molar-refractivity contribution in [2.24, 2.45) is 0 Å². The van der Waals surface area contributed by atoms with Crippen LogP contribution in [0, 0.1) is 0 Å². The lowest BCUT2D eigenvalue weighted by Gasteiger charge is -2.51. The molecule has 28 heavy (non-hydrogen) atoms. The van der Waals surface area contributed by atoms with E-state index in [1.807, 2.05) is 0 Å². The normalized spacial score (nSPS) is 30.5. The second-order valence-corrected chi connectivity index (χ2v) is 29.6. The lowest BCUT2D eigenvalue weighted by Crippen LogP contribution is -2.69. The van der Waals surface area contributed by atoms with Crippen molar-refractivity contribution < 1.29 is 27.5 Å². The van der Waals surface area contributed by atoms with Gasteiger partial charge in [-0.3, -0.25) is 0 Å². The van der Waals surface area contributed by atoms with Crippen molar-refractivity contribution in [3.05, 3.63) is 0 Å².